The van der Waals surface area contributed by atoms with E-state index in [0.717, 1.165) is 31.0 Å². The molecule has 7 nitrogen and oxygen atoms in total. The summed E-state index contributed by atoms with van der Waals surface area (Å²) in [6.07, 6.45) is 1.82. The zero-order valence-electron chi connectivity index (χ0n) is 12.2. The molecule has 1 saturated heterocycles. The number of amides is 1. The summed E-state index contributed by atoms with van der Waals surface area (Å²) in [5.74, 6) is 7.73. The van der Waals surface area contributed by atoms with Gasteiger partial charge in [-0.2, -0.15) is 0 Å². The van der Waals surface area contributed by atoms with Crippen LogP contribution in [0.15, 0.2) is 6.07 Å². The maximum atomic E-state index is 11.9. The molecule has 1 aliphatic rings. The molecule has 110 valence electrons. The number of nitrogens with one attached hydrogen (secondary N) is 2. The first-order chi connectivity index (χ1) is 9.56. The number of likely N-dealkylation sites (N-methyl/N-ethyl adjacent to an activating group) is 1. The number of nitrogen functional groups attached to an aromatic ring is 1. The Labute approximate surface area is 118 Å². The minimum atomic E-state index is -0.166. The van der Waals surface area contributed by atoms with Gasteiger partial charge in [-0.25, -0.2) is 15.8 Å². The predicted octanol–water partition coefficient (Wildman–Crippen LogP) is 0.600. The molecule has 1 amide bonds. The predicted molar refractivity (Wildman–Crippen MR) is 78.4 cm³/mol. The zero-order valence-corrected chi connectivity index (χ0v) is 12.2. The third-order valence-electron chi connectivity index (χ3n) is 3.49. The molecule has 0 aromatic carbocycles. The van der Waals surface area contributed by atoms with E-state index in [2.05, 4.69) is 20.7 Å². The number of carbonyl (C=O) groups excluding carboxylic acids is 1. The van der Waals surface area contributed by atoms with Crippen molar-refractivity contribution in [3.05, 3.63) is 11.9 Å². The molecule has 1 atom stereocenters. The lowest BCUT2D eigenvalue weighted by atomic mass is 10.2. The molecule has 2 heterocycles. The number of rotatable bonds is 4. The van der Waals surface area contributed by atoms with Crippen LogP contribution in [0.3, 0.4) is 0 Å². The van der Waals surface area contributed by atoms with Gasteiger partial charge in [0.2, 0.25) is 5.91 Å². The first-order valence-electron chi connectivity index (χ1n) is 6.90. The fraction of sp³-hybridized carbons (Fsp3) is 0.615. The van der Waals surface area contributed by atoms with Crippen molar-refractivity contribution >= 4 is 17.5 Å². The van der Waals surface area contributed by atoms with Crippen LogP contribution in [0.2, 0.25) is 0 Å². The minimum Gasteiger partial charge on any atom is -0.357 e. The van der Waals surface area contributed by atoms with Crippen LogP contribution in [-0.4, -0.2) is 35.5 Å². The normalized spacial score (nSPS) is 18.4. The van der Waals surface area contributed by atoms with E-state index in [4.69, 9.17) is 5.84 Å². The number of aromatic nitrogens is 2. The highest BCUT2D eigenvalue weighted by atomic mass is 16.2. The fourth-order valence-electron chi connectivity index (χ4n) is 2.41. The largest absolute Gasteiger partial charge is 0.357 e. The van der Waals surface area contributed by atoms with E-state index in [-0.39, 0.29) is 17.9 Å². The van der Waals surface area contributed by atoms with Gasteiger partial charge in [0.15, 0.2) is 0 Å². The number of hydrogen-bond donors (Lipinski definition) is 3. The van der Waals surface area contributed by atoms with Gasteiger partial charge in [-0.15, -0.1) is 0 Å². The number of nitrogens with zero attached hydrogens (tertiary/aromatic N) is 3. The Balaban J connectivity index is 2.35. The molecule has 7 heteroatoms. The van der Waals surface area contributed by atoms with E-state index in [9.17, 15) is 4.79 Å². The topological polar surface area (TPSA) is 96.2 Å². The van der Waals surface area contributed by atoms with Crippen molar-refractivity contribution in [2.45, 2.75) is 38.6 Å². The number of hydrogen-bond acceptors (Lipinski definition) is 6. The van der Waals surface area contributed by atoms with Crippen LogP contribution in [0.5, 0.6) is 0 Å². The summed E-state index contributed by atoms with van der Waals surface area (Å²) < 4.78 is 0. The molecule has 1 aliphatic heterocycles. The van der Waals surface area contributed by atoms with Gasteiger partial charge in [0.05, 0.1) is 0 Å². The second kappa shape index (κ2) is 6.04. The molecule has 0 bridgehead atoms. The van der Waals surface area contributed by atoms with E-state index >= 15 is 0 Å². The number of anilines is 2. The lowest BCUT2D eigenvalue weighted by molar-refractivity contribution is -0.121. The first-order valence-corrected chi connectivity index (χ1v) is 6.90. The summed E-state index contributed by atoms with van der Waals surface area (Å²) >= 11 is 0. The van der Waals surface area contributed by atoms with Crippen LogP contribution in [-0.2, 0) is 4.79 Å². The second-order valence-corrected chi connectivity index (χ2v) is 5.23. The van der Waals surface area contributed by atoms with Gasteiger partial charge in [-0.3, -0.25) is 4.79 Å². The Kier molecular flexibility index (Phi) is 4.39. The Morgan fingerprint density at radius 2 is 2.25 bits per heavy atom. The molecule has 0 radical (unpaired) electrons. The lowest BCUT2D eigenvalue weighted by Gasteiger charge is -2.25. The van der Waals surface area contributed by atoms with Crippen molar-refractivity contribution in [2.24, 2.45) is 5.84 Å². The van der Waals surface area contributed by atoms with Crippen molar-refractivity contribution in [2.75, 3.05) is 23.9 Å². The van der Waals surface area contributed by atoms with Crippen LogP contribution in [0.4, 0.5) is 11.6 Å². The molecule has 0 saturated carbocycles. The van der Waals surface area contributed by atoms with Crippen LogP contribution in [0, 0.1) is 0 Å². The van der Waals surface area contributed by atoms with E-state index in [1.807, 2.05) is 18.7 Å². The summed E-state index contributed by atoms with van der Waals surface area (Å²) in [5, 5.41) is 2.71. The van der Waals surface area contributed by atoms with Crippen LogP contribution in [0.1, 0.15) is 38.4 Å². The SMILES string of the molecule is CNC(=O)C1CCCN1c1cc(NN)nc(C(C)C)n1. The maximum Gasteiger partial charge on any atom is 0.242 e. The number of nitrogens with two attached hydrogens (primary N) is 1. The summed E-state index contributed by atoms with van der Waals surface area (Å²) in [5.41, 5.74) is 2.57. The van der Waals surface area contributed by atoms with Gasteiger partial charge in [0.1, 0.15) is 23.5 Å². The van der Waals surface area contributed by atoms with Gasteiger partial charge in [0, 0.05) is 25.6 Å². The smallest absolute Gasteiger partial charge is 0.242 e. The molecule has 0 spiro atoms. The van der Waals surface area contributed by atoms with Gasteiger partial charge in [-0.1, -0.05) is 13.8 Å². The fourth-order valence-corrected chi connectivity index (χ4v) is 2.41. The molecule has 2 rings (SSSR count). The third kappa shape index (κ3) is 2.82. The van der Waals surface area contributed by atoms with E-state index in [1.54, 1.807) is 13.1 Å². The molecule has 20 heavy (non-hydrogen) atoms. The van der Waals surface area contributed by atoms with Crippen molar-refractivity contribution in [1.29, 1.82) is 0 Å². The Hall–Kier alpha value is -1.89. The first kappa shape index (κ1) is 14.5. The van der Waals surface area contributed by atoms with Crippen molar-refractivity contribution in [1.82, 2.24) is 15.3 Å². The van der Waals surface area contributed by atoms with Gasteiger partial charge in [0.25, 0.3) is 0 Å². The lowest BCUT2D eigenvalue weighted by Crippen LogP contribution is -2.42. The average Bonchev–Trinajstić information content (AvgIpc) is 2.95. The maximum absolute atomic E-state index is 11.9. The Morgan fingerprint density at radius 1 is 1.50 bits per heavy atom. The van der Waals surface area contributed by atoms with Crippen molar-refractivity contribution in [3.8, 4) is 0 Å². The van der Waals surface area contributed by atoms with E-state index < -0.39 is 0 Å². The monoisotopic (exact) mass is 278 g/mol. The van der Waals surface area contributed by atoms with Gasteiger partial charge in [-0.05, 0) is 12.8 Å². The summed E-state index contributed by atoms with van der Waals surface area (Å²) in [7, 11) is 1.66. The van der Waals surface area contributed by atoms with E-state index in [1.165, 1.54) is 0 Å². The molecular formula is C13H22N6O. The second-order valence-electron chi connectivity index (χ2n) is 5.23. The Bertz CT molecular complexity index is 490. The minimum absolute atomic E-state index is 0.0227. The Morgan fingerprint density at radius 3 is 2.85 bits per heavy atom. The molecular weight excluding hydrogens is 256 g/mol. The van der Waals surface area contributed by atoms with Crippen LogP contribution >= 0.6 is 0 Å². The van der Waals surface area contributed by atoms with Crippen molar-refractivity contribution < 1.29 is 4.79 Å². The molecule has 1 fully saturated rings. The quantitative estimate of drug-likeness (QED) is 0.551. The standard InChI is InChI=1S/C13H22N6O/c1-8(2)12-16-10(18-14)7-11(17-12)19-6-4-5-9(19)13(20)15-3/h7-9H,4-6,14H2,1-3H3,(H,15,20)(H,16,17,18). The molecule has 4 N–H and O–H groups in total. The van der Waals surface area contributed by atoms with E-state index in [0.29, 0.717) is 5.82 Å². The average molecular weight is 278 g/mol. The highest BCUT2D eigenvalue weighted by Crippen LogP contribution is 2.27. The number of carbonyl (C=O) groups is 1. The third-order valence-corrected chi connectivity index (χ3v) is 3.49. The highest BCUT2D eigenvalue weighted by molar-refractivity contribution is 5.85. The number of hydrazine groups is 1. The highest BCUT2D eigenvalue weighted by Gasteiger charge is 2.31. The molecule has 0 aliphatic carbocycles. The van der Waals surface area contributed by atoms with Crippen molar-refractivity contribution in [3.63, 3.8) is 0 Å². The van der Waals surface area contributed by atoms with Gasteiger partial charge >= 0.3 is 0 Å². The summed E-state index contributed by atoms with van der Waals surface area (Å²) in [6, 6.07) is 1.62. The van der Waals surface area contributed by atoms with Crippen LogP contribution < -0.4 is 21.5 Å². The summed E-state index contributed by atoms with van der Waals surface area (Å²) in [6.45, 7) is 4.87. The molecule has 1 unspecified atom stereocenters. The van der Waals surface area contributed by atoms with Crippen LogP contribution in [0.25, 0.3) is 0 Å². The summed E-state index contributed by atoms with van der Waals surface area (Å²) in [4.78, 5) is 22.9. The molecule has 1 aromatic rings. The zero-order chi connectivity index (χ0) is 14.7. The molecule has 1 aromatic heterocycles. The van der Waals surface area contributed by atoms with Gasteiger partial charge < -0.3 is 15.6 Å².